The second-order valence-corrected chi connectivity index (χ2v) is 9.98. The average molecular weight is 523 g/mol. The number of nitrogens with one attached hydrogen (secondary N) is 1. The zero-order chi connectivity index (χ0) is 27.2. The molecule has 1 saturated heterocycles. The lowest BCUT2D eigenvalue weighted by atomic mass is 9.87. The van der Waals surface area contributed by atoms with Crippen molar-refractivity contribution in [2.75, 3.05) is 56.2 Å². The molecule has 1 aliphatic heterocycles. The zero-order valence-corrected chi connectivity index (χ0v) is 21.3. The number of nitrogens with zero attached hydrogens (tertiary/aromatic N) is 3. The lowest BCUT2D eigenvalue weighted by molar-refractivity contribution is -0.388. The van der Waals surface area contributed by atoms with Crippen LogP contribution in [0.3, 0.4) is 0 Å². The number of carbonyl (C=O) groups excluding carboxylic acids is 1. The quantitative estimate of drug-likeness (QED) is 0.281. The first kappa shape index (κ1) is 28.2. The lowest BCUT2D eigenvalue weighted by Gasteiger charge is -2.36. The van der Waals surface area contributed by atoms with Crippen LogP contribution >= 0.6 is 0 Å². The third kappa shape index (κ3) is 7.82. The summed E-state index contributed by atoms with van der Waals surface area (Å²) in [7, 11) is 0. The number of amides is 1. The molecule has 3 rings (SSSR count). The van der Waals surface area contributed by atoms with E-state index in [1.807, 2.05) is 0 Å². The smallest absolute Gasteiger partial charge is 0.385 e. The number of alkyl halides is 3. The predicted molar refractivity (Wildman–Crippen MR) is 136 cm³/mol. The summed E-state index contributed by atoms with van der Waals surface area (Å²) in [5.41, 5.74) is 0.349. The van der Waals surface area contributed by atoms with Crippen molar-refractivity contribution < 1.29 is 27.6 Å². The molecule has 0 aromatic heterocycles. The highest BCUT2D eigenvalue weighted by Crippen LogP contribution is 2.37. The topological polar surface area (TPSA) is 88.0 Å². The van der Waals surface area contributed by atoms with E-state index in [-0.39, 0.29) is 36.8 Å². The minimum atomic E-state index is -4.83. The van der Waals surface area contributed by atoms with Crippen LogP contribution in [-0.2, 0) is 21.1 Å². The molecular weight excluding hydrogens is 489 g/mol. The summed E-state index contributed by atoms with van der Waals surface area (Å²) in [4.78, 5) is 26.3. The van der Waals surface area contributed by atoms with E-state index < -0.39 is 22.4 Å². The van der Waals surface area contributed by atoms with Crippen molar-refractivity contribution in [2.45, 2.75) is 38.8 Å². The monoisotopic (exact) mass is 522 g/mol. The summed E-state index contributed by atoms with van der Waals surface area (Å²) < 4.78 is 44.7. The normalized spacial score (nSPS) is 14.5. The number of piperazine rings is 1. The Labute approximate surface area is 214 Å². The Morgan fingerprint density at radius 1 is 1.05 bits per heavy atom. The summed E-state index contributed by atoms with van der Waals surface area (Å²) >= 11 is 0. The van der Waals surface area contributed by atoms with Gasteiger partial charge in [-0.1, -0.05) is 32.9 Å². The van der Waals surface area contributed by atoms with Crippen LogP contribution in [-0.4, -0.2) is 61.7 Å². The predicted octanol–water partition coefficient (Wildman–Crippen LogP) is 5.08. The van der Waals surface area contributed by atoms with Gasteiger partial charge in [-0.05, 0) is 41.7 Å². The van der Waals surface area contributed by atoms with Crippen molar-refractivity contribution in [1.29, 1.82) is 0 Å². The second-order valence-electron chi connectivity index (χ2n) is 9.98. The molecular formula is C26H33F3N4O4. The molecule has 0 bridgehead atoms. The number of halogens is 3. The Balaban J connectivity index is 1.36. The molecule has 0 spiro atoms. The number of anilines is 2. The summed E-state index contributed by atoms with van der Waals surface area (Å²) in [6.45, 7) is 9.69. The van der Waals surface area contributed by atoms with Gasteiger partial charge in [0, 0.05) is 56.8 Å². The Hall–Kier alpha value is -3.34. The molecule has 2 aromatic rings. The molecule has 0 saturated carbocycles. The van der Waals surface area contributed by atoms with E-state index in [0.29, 0.717) is 19.5 Å². The third-order valence-corrected chi connectivity index (χ3v) is 6.25. The Kier molecular flexibility index (Phi) is 9.01. The summed E-state index contributed by atoms with van der Waals surface area (Å²) in [5.74, 6) is -0.0964. The maximum absolute atomic E-state index is 13.1. The molecule has 1 N–H and O–H groups in total. The number of hydrogen-bond donors (Lipinski definition) is 1. The number of ether oxygens (including phenoxy) is 1. The van der Waals surface area contributed by atoms with E-state index >= 15 is 0 Å². The molecule has 0 unspecified atom stereocenters. The van der Waals surface area contributed by atoms with Crippen LogP contribution in [0.4, 0.5) is 30.2 Å². The number of nitro benzene ring substituents is 1. The third-order valence-electron chi connectivity index (χ3n) is 6.25. The fourth-order valence-corrected chi connectivity index (χ4v) is 4.08. The van der Waals surface area contributed by atoms with Gasteiger partial charge in [0.15, 0.2) is 0 Å². The highest BCUT2D eigenvalue weighted by molar-refractivity contribution is 5.77. The van der Waals surface area contributed by atoms with Crippen LogP contribution in [0.15, 0.2) is 42.5 Å². The van der Waals surface area contributed by atoms with Gasteiger partial charge in [-0.15, -0.1) is 0 Å². The SMILES string of the molecule is CC(C)(C)c1ccc(N2CCN(C(=O)COCCCNc3ccc([N+](=O)[O-])c(C(F)(F)F)c3)CC2)cc1. The maximum atomic E-state index is 13.1. The van der Waals surface area contributed by atoms with Crippen LogP contribution in [0, 0.1) is 10.1 Å². The number of nitro groups is 1. The first-order chi connectivity index (χ1) is 17.4. The van der Waals surface area contributed by atoms with Crippen LogP contribution < -0.4 is 10.2 Å². The van der Waals surface area contributed by atoms with E-state index in [1.54, 1.807) is 4.90 Å². The van der Waals surface area contributed by atoms with Crippen LogP contribution in [0.1, 0.15) is 38.3 Å². The second kappa shape index (κ2) is 11.8. The molecule has 1 amide bonds. The first-order valence-electron chi connectivity index (χ1n) is 12.2. The van der Waals surface area contributed by atoms with Crippen molar-refractivity contribution in [2.24, 2.45) is 0 Å². The van der Waals surface area contributed by atoms with Crippen LogP contribution in [0.5, 0.6) is 0 Å². The van der Waals surface area contributed by atoms with Crippen LogP contribution in [0.25, 0.3) is 0 Å². The zero-order valence-electron chi connectivity index (χ0n) is 21.3. The molecule has 2 aromatic carbocycles. The number of rotatable bonds is 9. The number of hydrogen-bond acceptors (Lipinski definition) is 6. The minimum Gasteiger partial charge on any atom is -0.385 e. The van der Waals surface area contributed by atoms with Gasteiger partial charge in [0.05, 0.1) is 4.92 Å². The Morgan fingerprint density at radius 3 is 2.27 bits per heavy atom. The first-order valence-corrected chi connectivity index (χ1v) is 12.2. The molecule has 11 heteroatoms. The van der Waals surface area contributed by atoms with E-state index in [4.69, 9.17) is 4.74 Å². The molecule has 1 fully saturated rings. The van der Waals surface area contributed by atoms with Gasteiger partial charge in [0.1, 0.15) is 12.2 Å². The van der Waals surface area contributed by atoms with Crippen molar-refractivity contribution in [3.8, 4) is 0 Å². The fourth-order valence-electron chi connectivity index (χ4n) is 4.08. The number of benzene rings is 2. The molecule has 1 heterocycles. The largest absolute Gasteiger partial charge is 0.423 e. The highest BCUT2D eigenvalue weighted by Gasteiger charge is 2.38. The average Bonchev–Trinajstić information content (AvgIpc) is 2.85. The summed E-state index contributed by atoms with van der Waals surface area (Å²) in [6, 6.07) is 11.3. The van der Waals surface area contributed by atoms with Gasteiger partial charge in [0.25, 0.3) is 5.69 Å². The molecule has 37 heavy (non-hydrogen) atoms. The van der Waals surface area contributed by atoms with Crippen molar-refractivity contribution >= 4 is 23.0 Å². The molecule has 0 atom stereocenters. The van der Waals surface area contributed by atoms with E-state index in [9.17, 15) is 28.1 Å². The minimum absolute atomic E-state index is 0.0595. The molecule has 1 aliphatic rings. The summed E-state index contributed by atoms with van der Waals surface area (Å²) in [6.07, 6.45) is -4.38. The fraction of sp³-hybridized carbons (Fsp3) is 0.500. The maximum Gasteiger partial charge on any atom is 0.423 e. The van der Waals surface area contributed by atoms with Gasteiger partial charge in [-0.2, -0.15) is 13.2 Å². The van der Waals surface area contributed by atoms with Crippen molar-refractivity contribution in [3.63, 3.8) is 0 Å². The molecule has 0 aliphatic carbocycles. The Bertz CT molecular complexity index is 1080. The lowest BCUT2D eigenvalue weighted by Crippen LogP contribution is -2.49. The standard InChI is InChI=1S/C26H33F3N4O4/c1-25(2,3)19-5-8-21(9-6-19)31-12-14-32(15-13-31)24(34)18-37-16-4-11-30-20-7-10-23(33(35)36)22(17-20)26(27,28)29/h5-10,17,30H,4,11-16,18H2,1-3H3. The van der Waals surface area contributed by atoms with Crippen molar-refractivity contribution in [3.05, 3.63) is 63.7 Å². The van der Waals surface area contributed by atoms with E-state index in [2.05, 4.69) is 55.3 Å². The van der Waals surface area contributed by atoms with Gasteiger partial charge >= 0.3 is 6.18 Å². The van der Waals surface area contributed by atoms with E-state index in [0.717, 1.165) is 30.9 Å². The molecule has 0 radical (unpaired) electrons. The van der Waals surface area contributed by atoms with Gasteiger partial charge < -0.3 is 19.9 Å². The molecule has 8 nitrogen and oxygen atoms in total. The Morgan fingerprint density at radius 2 is 1.70 bits per heavy atom. The number of carbonyl (C=O) groups is 1. The van der Waals surface area contributed by atoms with Crippen molar-refractivity contribution in [1.82, 2.24) is 4.90 Å². The van der Waals surface area contributed by atoms with Gasteiger partial charge in [0.2, 0.25) is 5.91 Å². The highest BCUT2D eigenvalue weighted by atomic mass is 19.4. The molecule has 202 valence electrons. The van der Waals surface area contributed by atoms with E-state index in [1.165, 1.54) is 11.6 Å². The van der Waals surface area contributed by atoms with Crippen LogP contribution in [0.2, 0.25) is 0 Å². The van der Waals surface area contributed by atoms with Gasteiger partial charge in [-0.3, -0.25) is 14.9 Å². The van der Waals surface area contributed by atoms with Gasteiger partial charge in [-0.25, -0.2) is 0 Å². The summed E-state index contributed by atoms with van der Waals surface area (Å²) in [5, 5.41) is 13.6.